The Kier molecular flexibility index (Phi) is 48.0. The van der Waals surface area contributed by atoms with Crippen LogP contribution in [0.5, 0.6) is 0 Å². The summed E-state index contributed by atoms with van der Waals surface area (Å²) in [4.78, 5) is 38.0. The van der Waals surface area contributed by atoms with Gasteiger partial charge in [-0.15, -0.1) is 0 Å². The molecule has 6 nitrogen and oxygen atoms in total. The molecule has 0 unspecified atom stereocenters. The number of ether oxygens (including phenoxy) is 3. The highest BCUT2D eigenvalue weighted by molar-refractivity contribution is 5.71. The predicted molar refractivity (Wildman–Crippen MR) is 270 cm³/mol. The number of carbonyl (C=O) groups is 3. The molecular weight excluding hydrogens is 781 g/mol. The van der Waals surface area contributed by atoms with Crippen LogP contribution in [0.1, 0.15) is 226 Å². The minimum atomic E-state index is -0.806. The second kappa shape index (κ2) is 51.0. The first kappa shape index (κ1) is 59.3. The number of hydrogen-bond donors (Lipinski definition) is 0. The largest absolute Gasteiger partial charge is 0.462 e. The van der Waals surface area contributed by atoms with Gasteiger partial charge < -0.3 is 14.2 Å². The third-order valence-corrected chi connectivity index (χ3v) is 10.6. The van der Waals surface area contributed by atoms with E-state index < -0.39 is 6.10 Å². The smallest absolute Gasteiger partial charge is 0.306 e. The molecule has 0 aromatic heterocycles. The van der Waals surface area contributed by atoms with E-state index >= 15 is 0 Å². The molecule has 0 fully saturated rings. The number of allylic oxidation sites excluding steroid dienone is 16. The van der Waals surface area contributed by atoms with Crippen molar-refractivity contribution in [3.05, 3.63) is 97.2 Å². The maximum Gasteiger partial charge on any atom is 0.306 e. The number of esters is 3. The van der Waals surface area contributed by atoms with Gasteiger partial charge in [0.1, 0.15) is 13.2 Å². The van der Waals surface area contributed by atoms with E-state index in [1.165, 1.54) is 64.2 Å². The van der Waals surface area contributed by atoms with Crippen molar-refractivity contribution in [3.8, 4) is 0 Å². The molecule has 0 saturated carbocycles. The van der Waals surface area contributed by atoms with Crippen LogP contribution < -0.4 is 0 Å². The zero-order valence-corrected chi connectivity index (χ0v) is 40.8. The Morgan fingerprint density at radius 1 is 0.333 bits per heavy atom. The highest BCUT2D eigenvalue weighted by Gasteiger charge is 2.19. The highest BCUT2D eigenvalue weighted by atomic mass is 16.6. The maximum atomic E-state index is 12.8. The van der Waals surface area contributed by atoms with Gasteiger partial charge in [-0.1, -0.05) is 208 Å². The summed E-state index contributed by atoms with van der Waals surface area (Å²) in [5.74, 6) is -0.970. The predicted octanol–water partition coefficient (Wildman–Crippen LogP) is 17.0. The van der Waals surface area contributed by atoms with Gasteiger partial charge in [0.05, 0.1) is 0 Å². The summed E-state index contributed by atoms with van der Waals surface area (Å²) in [5.41, 5.74) is 0. The standard InChI is InChI=1S/C57H94O6/c1-4-7-10-13-16-19-22-25-27-28-30-33-36-39-42-45-48-51-57(60)63-54(52-61-55(58)49-46-43-40-37-34-31-24-21-18-15-12-9-6-3)53-62-56(59)50-47-44-41-38-35-32-29-26-23-20-17-14-11-8-5-2/h7-8,10-11,16-17,19-20,25-27,29-30,33,35,38,54H,4-6,9,12-15,18,21-24,28,31-32,34,36-37,39-53H2,1-3H3/b10-7-,11-8-,19-16-,20-17-,27-25-,29-26-,33-30-,38-35-/t54-/m0/s1. The fourth-order valence-electron chi connectivity index (χ4n) is 6.78. The molecule has 0 amide bonds. The summed E-state index contributed by atoms with van der Waals surface area (Å²) in [6.07, 6.45) is 66.7. The number of unbranched alkanes of at least 4 members (excludes halogenated alkanes) is 18. The van der Waals surface area contributed by atoms with Crippen molar-refractivity contribution in [3.63, 3.8) is 0 Å². The third-order valence-electron chi connectivity index (χ3n) is 10.6. The average Bonchev–Trinajstić information content (AvgIpc) is 3.28. The van der Waals surface area contributed by atoms with Crippen LogP contribution in [0.25, 0.3) is 0 Å². The van der Waals surface area contributed by atoms with Gasteiger partial charge >= 0.3 is 17.9 Å². The Balaban J connectivity index is 4.51. The number of hydrogen-bond acceptors (Lipinski definition) is 6. The number of carbonyl (C=O) groups excluding carboxylic acids is 3. The van der Waals surface area contributed by atoms with Crippen molar-refractivity contribution < 1.29 is 28.6 Å². The first-order valence-corrected chi connectivity index (χ1v) is 25.7. The van der Waals surface area contributed by atoms with Crippen LogP contribution in [0.15, 0.2) is 97.2 Å². The first-order valence-electron chi connectivity index (χ1n) is 25.7. The van der Waals surface area contributed by atoms with E-state index in [9.17, 15) is 14.4 Å². The van der Waals surface area contributed by atoms with Crippen LogP contribution in [0.4, 0.5) is 0 Å². The molecule has 0 aromatic carbocycles. The van der Waals surface area contributed by atoms with Gasteiger partial charge in [-0.3, -0.25) is 14.4 Å². The molecule has 0 rings (SSSR count). The average molecular weight is 875 g/mol. The van der Waals surface area contributed by atoms with Gasteiger partial charge in [0.2, 0.25) is 0 Å². The lowest BCUT2D eigenvalue weighted by Crippen LogP contribution is -2.30. The summed E-state index contributed by atoms with van der Waals surface area (Å²) in [6, 6.07) is 0. The first-order chi connectivity index (χ1) is 31.0. The maximum absolute atomic E-state index is 12.8. The SMILES string of the molecule is CC/C=C\C/C=C\C/C=C\C/C=C\CCCCCCC(=O)O[C@H](COC(=O)CCCC/C=C\C/C=C\C/C=C\C/C=C\CC)COC(=O)CCCCCCCCCCCCCCC. The molecule has 0 heterocycles. The van der Waals surface area contributed by atoms with E-state index in [0.29, 0.717) is 19.3 Å². The molecule has 6 heteroatoms. The van der Waals surface area contributed by atoms with Crippen LogP contribution in [-0.4, -0.2) is 37.2 Å². The van der Waals surface area contributed by atoms with Gasteiger partial charge in [-0.05, 0) is 96.3 Å². The molecule has 0 N–H and O–H groups in total. The highest BCUT2D eigenvalue weighted by Crippen LogP contribution is 2.14. The molecule has 0 saturated heterocycles. The van der Waals surface area contributed by atoms with Gasteiger partial charge in [0, 0.05) is 19.3 Å². The second-order valence-corrected chi connectivity index (χ2v) is 16.7. The quantitative estimate of drug-likeness (QED) is 0.0262. The Morgan fingerprint density at radius 2 is 0.619 bits per heavy atom. The van der Waals surface area contributed by atoms with E-state index in [1.54, 1.807) is 0 Å². The Labute approximate surface area is 387 Å². The molecule has 63 heavy (non-hydrogen) atoms. The van der Waals surface area contributed by atoms with Gasteiger partial charge in [0.25, 0.3) is 0 Å². The van der Waals surface area contributed by atoms with Crippen molar-refractivity contribution >= 4 is 17.9 Å². The van der Waals surface area contributed by atoms with Crippen molar-refractivity contribution in [1.82, 2.24) is 0 Å². The van der Waals surface area contributed by atoms with E-state index in [-0.39, 0.29) is 31.1 Å². The summed E-state index contributed by atoms with van der Waals surface area (Å²) < 4.78 is 16.7. The second-order valence-electron chi connectivity index (χ2n) is 16.7. The van der Waals surface area contributed by atoms with Crippen LogP contribution >= 0.6 is 0 Å². The molecular formula is C57H94O6. The van der Waals surface area contributed by atoms with Crippen LogP contribution in [-0.2, 0) is 28.6 Å². The van der Waals surface area contributed by atoms with E-state index in [2.05, 4.69) is 118 Å². The number of rotatable bonds is 45. The van der Waals surface area contributed by atoms with Crippen LogP contribution in [0, 0.1) is 0 Å². The summed E-state index contributed by atoms with van der Waals surface area (Å²) in [6.45, 7) is 6.35. The summed E-state index contributed by atoms with van der Waals surface area (Å²) in [7, 11) is 0. The lowest BCUT2D eigenvalue weighted by Gasteiger charge is -2.18. The van der Waals surface area contributed by atoms with Gasteiger partial charge in [0.15, 0.2) is 6.10 Å². The minimum absolute atomic E-state index is 0.100. The van der Waals surface area contributed by atoms with E-state index in [4.69, 9.17) is 14.2 Å². The van der Waals surface area contributed by atoms with Crippen molar-refractivity contribution in [2.24, 2.45) is 0 Å². The molecule has 0 aliphatic heterocycles. The molecule has 0 aromatic rings. The Hall–Kier alpha value is -3.67. The van der Waals surface area contributed by atoms with Crippen LogP contribution in [0.2, 0.25) is 0 Å². The summed E-state index contributed by atoms with van der Waals surface area (Å²) >= 11 is 0. The van der Waals surface area contributed by atoms with E-state index in [0.717, 1.165) is 122 Å². The molecule has 1 atom stereocenters. The van der Waals surface area contributed by atoms with Crippen LogP contribution in [0.3, 0.4) is 0 Å². The van der Waals surface area contributed by atoms with Crippen molar-refractivity contribution in [2.75, 3.05) is 13.2 Å². The zero-order valence-electron chi connectivity index (χ0n) is 40.8. The lowest BCUT2D eigenvalue weighted by molar-refractivity contribution is -0.167. The lowest BCUT2D eigenvalue weighted by atomic mass is 10.0. The molecule has 0 aliphatic rings. The molecule has 0 aliphatic carbocycles. The van der Waals surface area contributed by atoms with Gasteiger partial charge in [-0.25, -0.2) is 0 Å². The molecule has 358 valence electrons. The topological polar surface area (TPSA) is 78.9 Å². The van der Waals surface area contributed by atoms with Gasteiger partial charge in [-0.2, -0.15) is 0 Å². The van der Waals surface area contributed by atoms with E-state index in [1.807, 2.05) is 0 Å². The van der Waals surface area contributed by atoms with Crippen molar-refractivity contribution in [2.45, 2.75) is 232 Å². The normalized spacial score (nSPS) is 12.9. The Morgan fingerprint density at radius 3 is 1.00 bits per heavy atom. The fourth-order valence-corrected chi connectivity index (χ4v) is 6.78. The summed E-state index contributed by atoms with van der Waals surface area (Å²) in [5, 5.41) is 0. The monoisotopic (exact) mass is 875 g/mol. The fraction of sp³-hybridized carbons (Fsp3) is 0.667. The molecule has 0 bridgehead atoms. The third kappa shape index (κ3) is 49.2. The van der Waals surface area contributed by atoms with Crippen molar-refractivity contribution in [1.29, 1.82) is 0 Å². The Bertz CT molecular complexity index is 1280. The molecule has 0 spiro atoms. The minimum Gasteiger partial charge on any atom is -0.462 e. The zero-order chi connectivity index (χ0) is 45.8. The molecule has 0 radical (unpaired) electrons.